The quantitative estimate of drug-likeness (QED) is 0.335. The molecule has 2 atom stereocenters. The average Bonchev–Trinajstić information content (AvgIpc) is 2.92. The highest BCUT2D eigenvalue weighted by atomic mass is 35.5. The normalized spacial score (nSPS) is 19.0. The van der Waals surface area contributed by atoms with E-state index in [9.17, 15) is 14.7 Å². The number of halogens is 2. The van der Waals surface area contributed by atoms with Gasteiger partial charge in [-0.15, -0.1) is 0 Å². The summed E-state index contributed by atoms with van der Waals surface area (Å²) in [5, 5.41) is 10.7. The van der Waals surface area contributed by atoms with Gasteiger partial charge < -0.3 is 19.6 Å². The molecule has 3 aromatic rings. The van der Waals surface area contributed by atoms with Gasteiger partial charge in [-0.05, 0) is 62.4 Å². The highest BCUT2D eigenvalue weighted by molar-refractivity contribution is 6.33. The van der Waals surface area contributed by atoms with Crippen LogP contribution < -0.4 is 0 Å². The van der Waals surface area contributed by atoms with Gasteiger partial charge in [-0.2, -0.15) is 4.99 Å². The number of fused-ring (bicyclic) bond motifs is 1. The van der Waals surface area contributed by atoms with E-state index in [0.717, 1.165) is 11.1 Å². The van der Waals surface area contributed by atoms with Gasteiger partial charge in [0, 0.05) is 31.2 Å². The fraction of sp³-hybridized carbons (Fsp3) is 0.412. The first-order chi connectivity index (χ1) is 20.6. The number of piperazine rings is 1. The first-order valence-corrected chi connectivity index (χ1v) is 15.1. The zero-order chi connectivity index (χ0) is 32.1. The predicted molar refractivity (Wildman–Crippen MR) is 169 cm³/mol. The zero-order valence-corrected chi connectivity index (χ0v) is 26.9. The van der Waals surface area contributed by atoms with Crippen molar-refractivity contribution in [3.63, 3.8) is 0 Å². The van der Waals surface area contributed by atoms with Crippen molar-refractivity contribution in [1.29, 1.82) is 0 Å². The number of carbonyl (C=O) groups is 2. The monoisotopic (exact) mass is 620 g/mol. The molecule has 1 unspecified atom stereocenters. The second-order valence-corrected chi connectivity index (χ2v) is 13.8. The van der Waals surface area contributed by atoms with Gasteiger partial charge in [-0.1, -0.05) is 62.7 Å². The molecule has 1 aromatic heterocycles. The molecule has 8 nitrogen and oxygen atoms in total. The van der Waals surface area contributed by atoms with Crippen molar-refractivity contribution >= 4 is 29.4 Å². The molecule has 232 valence electrons. The van der Waals surface area contributed by atoms with E-state index >= 15 is 4.39 Å². The molecule has 0 spiro atoms. The number of hydrogen-bond acceptors (Lipinski definition) is 6. The molecule has 2 aliphatic rings. The lowest BCUT2D eigenvalue weighted by Gasteiger charge is -2.43. The van der Waals surface area contributed by atoms with Gasteiger partial charge in [-0.25, -0.2) is 14.2 Å². The van der Waals surface area contributed by atoms with Crippen LogP contribution in [-0.2, 0) is 14.9 Å². The Morgan fingerprint density at radius 1 is 1.07 bits per heavy atom. The molecule has 0 bridgehead atoms. The van der Waals surface area contributed by atoms with Crippen LogP contribution in [0.2, 0.25) is 5.02 Å². The lowest BCUT2D eigenvalue weighted by molar-refractivity contribution is -0.118. The van der Waals surface area contributed by atoms with Crippen LogP contribution in [0.25, 0.3) is 11.3 Å². The molecule has 2 aliphatic heterocycles. The molecule has 0 saturated carbocycles. The first kappa shape index (κ1) is 31.4. The minimum absolute atomic E-state index is 0.0381. The van der Waals surface area contributed by atoms with E-state index in [0.29, 0.717) is 36.7 Å². The number of amides is 2. The van der Waals surface area contributed by atoms with Crippen LogP contribution in [0.5, 0.6) is 5.75 Å². The van der Waals surface area contributed by atoms with Crippen molar-refractivity contribution < 1.29 is 23.8 Å². The van der Waals surface area contributed by atoms with Crippen LogP contribution in [-0.4, -0.2) is 69.0 Å². The Labute approximate surface area is 262 Å². The number of nitrogens with zero attached hydrogens (tertiary/aromatic N) is 4. The largest absolute Gasteiger partial charge is 0.507 e. The SMILES string of the molecule is C[C@H]1CN(C(=O)OC(C)(C)C)CCN1C1=NC(=O)C(c2ccccc2C(C)(C)C)c2nc(-c3c(O)cccc3F)c(Cl)cc21. The van der Waals surface area contributed by atoms with Crippen molar-refractivity contribution in [1.82, 2.24) is 14.8 Å². The lowest BCUT2D eigenvalue weighted by Crippen LogP contribution is -2.57. The third-order valence-electron chi connectivity index (χ3n) is 7.84. The fourth-order valence-electron chi connectivity index (χ4n) is 5.87. The van der Waals surface area contributed by atoms with E-state index in [4.69, 9.17) is 21.3 Å². The summed E-state index contributed by atoms with van der Waals surface area (Å²) in [6.45, 7) is 14.7. The molecule has 10 heteroatoms. The van der Waals surface area contributed by atoms with Gasteiger partial charge in [0.25, 0.3) is 5.91 Å². The van der Waals surface area contributed by atoms with E-state index in [1.807, 2.05) is 56.9 Å². The zero-order valence-electron chi connectivity index (χ0n) is 26.1. The number of rotatable bonds is 2. The van der Waals surface area contributed by atoms with Crippen LogP contribution in [0.4, 0.5) is 9.18 Å². The molecule has 2 aromatic carbocycles. The van der Waals surface area contributed by atoms with Gasteiger partial charge in [-0.3, -0.25) is 4.79 Å². The van der Waals surface area contributed by atoms with E-state index in [1.54, 1.807) is 11.0 Å². The third kappa shape index (κ3) is 6.02. The summed E-state index contributed by atoms with van der Waals surface area (Å²) in [6.07, 6.45) is -0.399. The molecule has 5 rings (SSSR count). The highest BCUT2D eigenvalue weighted by Crippen LogP contribution is 2.42. The van der Waals surface area contributed by atoms with E-state index in [2.05, 4.69) is 25.8 Å². The Hall–Kier alpha value is -3.98. The van der Waals surface area contributed by atoms with Crippen LogP contribution in [0, 0.1) is 5.82 Å². The molecule has 0 radical (unpaired) electrons. The summed E-state index contributed by atoms with van der Waals surface area (Å²) in [5.41, 5.74) is 1.59. The highest BCUT2D eigenvalue weighted by Gasteiger charge is 2.40. The third-order valence-corrected chi connectivity index (χ3v) is 8.13. The van der Waals surface area contributed by atoms with Crippen LogP contribution >= 0.6 is 11.6 Å². The topological polar surface area (TPSA) is 95.3 Å². The molecule has 1 N–H and O–H groups in total. The number of ether oxygens (including phenoxy) is 1. The number of aliphatic imine (C=N–C) groups is 1. The molecule has 1 fully saturated rings. The van der Waals surface area contributed by atoms with Gasteiger partial charge in [0.15, 0.2) is 0 Å². The molecule has 0 aliphatic carbocycles. The van der Waals surface area contributed by atoms with Gasteiger partial charge >= 0.3 is 6.09 Å². The van der Waals surface area contributed by atoms with E-state index in [1.165, 1.54) is 18.2 Å². The lowest BCUT2D eigenvalue weighted by atomic mass is 9.77. The number of phenolic OH excluding ortho intramolecular Hbond substituents is 1. The van der Waals surface area contributed by atoms with Gasteiger partial charge in [0.05, 0.1) is 22.0 Å². The van der Waals surface area contributed by atoms with Crippen molar-refractivity contribution in [2.75, 3.05) is 19.6 Å². The number of pyridine rings is 1. The Morgan fingerprint density at radius 3 is 2.41 bits per heavy atom. The summed E-state index contributed by atoms with van der Waals surface area (Å²) in [4.78, 5) is 40.0. The minimum atomic E-state index is -0.882. The van der Waals surface area contributed by atoms with Crippen molar-refractivity contribution in [2.45, 2.75) is 71.4 Å². The minimum Gasteiger partial charge on any atom is -0.507 e. The summed E-state index contributed by atoms with van der Waals surface area (Å²) in [7, 11) is 0. The molecular formula is C34H38ClFN4O4. The average molecular weight is 621 g/mol. The molecule has 1 saturated heterocycles. The molecular weight excluding hydrogens is 583 g/mol. The maximum Gasteiger partial charge on any atom is 0.410 e. The van der Waals surface area contributed by atoms with Crippen LogP contribution in [0.15, 0.2) is 53.5 Å². The smallest absolute Gasteiger partial charge is 0.410 e. The standard InChI is InChI=1S/C34H38ClFN4O4/c1-19-18-39(32(43)44-34(5,6)7)15-16-40(19)30-21-17-23(35)29(27-24(36)13-10-14-25(27)41)37-28(21)26(31(42)38-30)20-11-8-9-12-22(20)33(2,3)4/h8-14,17,19,26,41H,15-16,18H2,1-7H3/t19-,26?/m0/s1. The second kappa shape index (κ2) is 11.5. The maximum absolute atomic E-state index is 15.1. The summed E-state index contributed by atoms with van der Waals surface area (Å²) in [5.74, 6) is -1.90. The van der Waals surface area contributed by atoms with Gasteiger partial charge in [0.1, 0.15) is 28.9 Å². The Bertz CT molecular complexity index is 1640. The van der Waals surface area contributed by atoms with Crippen molar-refractivity contribution in [2.24, 2.45) is 4.99 Å². The van der Waals surface area contributed by atoms with Crippen LogP contribution in [0.3, 0.4) is 0 Å². The van der Waals surface area contributed by atoms with Gasteiger partial charge in [0.2, 0.25) is 0 Å². The number of phenols is 1. The number of carbonyl (C=O) groups excluding carboxylic acids is 2. The van der Waals surface area contributed by atoms with Crippen molar-refractivity contribution in [3.05, 3.63) is 81.8 Å². The van der Waals surface area contributed by atoms with Crippen LogP contribution in [0.1, 0.15) is 76.8 Å². The Morgan fingerprint density at radius 2 is 1.77 bits per heavy atom. The summed E-state index contributed by atoms with van der Waals surface area (Å²) < 4.78 is 20.7. The van der Waals surface area contributed by atoms with E-state index < -0.39 is 29.3 Å². The number of hydrogen-bond donors (Lipinski definition) is 1. The maximum atomic E-state index is 15.1. The number of amidine groups is 1. The number of benzene rings is 2. The summed E-state index contributed by atoms with van der Waals surface area (Å²) in [6, 6.07) is 13.1. The number of aromatic nitrogens is 1. The Balaban J connectivity index is 1.64. The fourth-order valence-corrected chi connectivity index (χ4v) is 6.11. The second-order valence-electron chi connectivity index (χ2n) is 13.4. The number of aromatic hydroxyl groups is 1. The molecule has 2 amide bonds. The molecule has 44 heavy (non-hydrogen) atoms. The predicted octanol–water partition coefficient (Wildman–Crippen LogP) is 6.90. The van der Waals surface area contributed by atoms with Crippen molar-refractivity contribution in [3.8, 4) is 17.0 Å². The Kier molecular flexibility index (Phi) is 8.22. The van der Waals surface area contributed by atoms with E-state index in [-0.39, 0.29) is 33.5 Å². The summed E-state index contributed by atoms with van der Waals surface area (Å²) >= 11 is 6.77. The molecule has 3 heterocycles. The first-order valence-electron chi connectivity index (χ1n) is 14.7.